The molecule has 30 heavy (non-hydrogen) atoms. The van der Waals surface area contributed by atoms with Crippen LogP contribution in [0.25, 0.3) is 0 Å². The van der Waals surface area contributed by atoms with Gasteiger partial charge in [-0.1, -0.05) is 49.8 Å². The number of esters is 1. The second-order valence-electron chi connectivity index (χ2n) is 8.49. The second kappa shape index (κ2) is 10.7. The Balaban J connectivity index is 3.15. The number of rotatable bonds is 7. The van der Waals surface area contributed by atoms with Gasteiger partial charge in [0, 0.05) is 18.9 Å². The molecule has 0 atom stereocenters. The molecule has 0 aromatic rings. The van der Waals surface area contributed by atoms with E-state index in [0.717, 1.165) is 22.3 Å². The molecule has 0 unspecified atom stereocenters. The Morgan fingerprint density at radius 1 is 1.13 bits per heavy atom. The number of hydrogen-bond donors (Lipinski definition) is 0. The molecular formula is C27H32O3. The summed E-state index contributed by atoms with van der Waals surface area (Å²) in [6, 6.07) is 0. The number of terminal acetylenes is 2. The van der Waals surface area contributed by atoms with E-state index in [1.165, 1.54) is 13.2 Å². The third kappa shape index (κ3) is 6.23. The highest BCUT2D eigenvalue weighted by molar-refractivity contribution is 6.02. The van der Waals surface area contributed by atoms with Crippen molar-refractivity contribution in [2.24, 2.45) is 10.8 Å². The Hall–Kier alpha value is -3.04. The Morgan fingerprint density at radius 2 is 1.73 bits per heavy atom. The summed E-state index contributed by atoms with van der Waals surface area (Å²) in [6.07, 6.45) is 23.6. The van der Waals surface area contributed by atoms with Crippen LogP contribution in [0, 0.1) is 35.5 Å². The van der Waals surface area contributed by atoms with Gasteiger partial charge in [-0.25, -0.2) is 4.79 Å². The largest absolute Gasteiger partial charge is 0.466 e. The first-order valence-electron chi connectivity index (χ1n) is 9.95. The van der Waals surface area contributed by atoms with Gasteiger partial charge in [-0.05, 0) is 49.3 Å². The summed E-state index contributed by atoms with van der Waals surface area (Å²) < 4.78 is 4.61. The third-order valence-electron chi connectivity index (χ3n) is 5.39. The summed E-state index contributed by atoms with van der Waals surface area (Å²) in [6.45, 7) is 9.93. The molecule has 3 heteroatoms. The van der Waals surface area contributed by atoms with Crippen molar-refractivity contribution < 1.29 is 14.3 Å². The van der Waals surface area contributed by atoms with Crippen LogP contribution in [-0.2, 0) is 14.3 Å². The maximum absolute atomic E-state index is 13.2. The first-order chi connectivity index (χ1) is 14.0. The van der Waals surface area contributed by atoms with Crippen LogP contribution in [-0.4, -0.2) is 18.9 Å². The highest BCUT2D eigenvalue weighted by Crippen LogP contribution is 2.50. The molecule has 1 aliphatic rings. The number of carbonyl (C=O) groups excluding carboxylic acids is 2. The van der Waals surface area contributed by atoms with Crippen LogP contribution in [0.15, 0.2) is 58.7 Å². The van der Waals surface area contributed by atoms with Gasteiger partial charge in [-0.15, -0.1) is 24.7 Å². The summed E-state index contributed by atoms with van der Waals surface area (Å²) in [4.78, 5) is 24.4. The molecule has 158 valence electrons. The standard InChI is InChI=1S/C27H32O3/c1-9-16-27(17-10-2)19-26(6,7)23(22(5)25(27)29)15-14-20(3)12-11-13-21(4)18-24(28)30-8/h1-2,11-15,18H,16-17,19H2,3-8H3/b13-11+,15-14+,20-12+,21-18+. The lowest BCUT2D eigenvalue weighted by Crippen LogP contribution is -2.42. The van der Waals surface area contributed by atoms with E-state index in [-0.39, 0.29) is 17.2 Å². The molecule has 0 aromatic carbocycles. The number of hydrogen-bond acceptors (Lipinski definition) is 3. The molecule has 0 spiro atoms. The van der Waals surface area contributed by atoms with Gasteiger partial charge < -0.3 is 4.74 Å². The first-order valence-corrected chi connectivity index (χ1v) is 9.95. The third-order valence-corrected chi connectivity index (χ3v) is 5.39. The van der Waals surface area contributed by atoms with Gasteiger partial charge in [-0.3, -0.25) is 4.79 Å². The molecule has 0 amide bonds. The number of Topliss-reactive ketones (excluding diaryl/α,β-unsaturated/α-hetero) is 1. The first kappa shape index (κ1) is 25.0. The summed E-state index contributed by atoms with van der Waals surface area (Å²) in [5, 5.41) is 0. The van der Waals surface area contributed by atoms with E-state index in [1.807, 2.05) is 51.2 Å². The molecule has 0 heterocycles. The van der Waals surface area contributed by atoms with Gasteiger partial charge in [0.05, 0.1) is 12.5 Å². The zero-order valence-corrected chi connectivity index (χ0v) is 19.0. The van der Waals surface area contributed by atoms with Crippen molar-refractivity contribution in [2.75, 3.05) is 7.11 Å². The Labute approximate surface area is 181 Å². The van der Waals surface area contributed by atoms with Crippen molar-refractivity contribution in [3.8, 4) is 24.7 Å². The molecule has 0 aromatic heterocycles. The average molecular weight is 405 g/mol. The van der Waals surface area contributed by atoms with E-state index in [0.29, 0.717) is 19.3 Å². The molecular weight excluding hydrogens is 372 g/mol. The van der Waals surface area contributed by atoms with Gasteiger partial charge in [0.25, 0.3) is 0 Å². The predicted molar refractivity (Wildman–Crippen MR) is 123 cm³/mol. The van der Waals surface area contributed by atoms with Crippen LogP contribution in [0.2, 0.25) is 0 Å². The van der Waals surface area contributed by atoms with Crippen LogP contribution >= 0.6 is 0 Å². The predicted octanol–water partition coefficient (Wildman–Crippen LogP) is 5.51. The van der Waals surface area contributed by atoms with Crippen molar-refractivity contribution in [1.29, 1.82) is 0 Å². The second-order valence-corrected chi connectivity index (χ2v) is 8.49. The Kier molecular flexibility index (Phi) is 8.88. The van der Waals surface area contributed by atoms with E-state index in [1.54, 1.807) is 0 Å². The zero-order valence-electron chi connectivity index (χ0n) is 19.0. The smallest absolute Gasteiger partial charge is 0.330 e. The lowest BCUT2D eigenvalue weighted by Gasteiger charge is -2.43. The van der Waals surface area contributed by atoms with Crippen molar-refractivity contribution in [3.05, 3.63) is 58.7 Å². The minimum absolute atomic E-state index is 0.0578. The lowest BCUT2D eigenvalue weighted by atomic mass is 9.58. The van der Waals surface area contributed by atoms with E-state index in [9.17, 15) is 9.59 Å². The number of allylic oxidation sites excluding steroid dienone is 9. The molecule has 0 N–H and O–H groups in total. The topological polar surface area (TPSA) is 43.4 Å². The van der Waals surface area contributed by atoms with Gasteiger partial charge in [-0.2, -0.15) is 0 Å². The van der Waals surface area contributed by atoms with Crippen molar-refractivity contribution in [3.63, 3.8) is 0 Å². The number of methoxy groups -OCH3 is 1. The normalized spacial score (nSPS) is 19.1. The van der Waals surface area contributed by atoms with Crippen LogP contribution < -0.4 is 0 Å². The Bertz CT molecular complexity index is 902. The van der Waals surface area contributed by atoms with Crippen molar-refractivity contribution >= 4 is 11.8 Å². The molecule has 0 bridgehead atoms. The number of ketones is 1. The fourth-order valence-corrected chi connectivity index (χ4v) is 4.05. The van der Waals surface area contributed by atoms with Gasteiger partial charge >= 0.3 is 5.97 Å². The maximum atomic E-state index is 13.2. The molecule has 3 nitrogen and oxygen atoms in total. The van der Waals surface area contributed by atoms with E-state index in [2.05, 4.69) is 30.4 Å². The molecule has 0 aliphatic heterocycles. The Morgan fingerprint density at radius 3 is 2.27 bits per heavy atom. The molecule has 0 saturated heterocycles. The number of ether oxygens (including phenoxy) is 1. The van der Waals surface area contributed by atoms with Crippen molar-refractivity contribution in [1.82, 2.24) is 0 Å². The van der Waals surface area contributed by atoms with E-state index in [4.69, 9.17) is 12.8 Å². The fourth-order valence-electron chi connectivity index (χ4n) is 4.05. The van der Waals surface area contributed by atoms with Gasteiger partial charge in [0.15, 0.2) is 5.78 Å². The summed E-state index contributed by atoms with van der Waals surface area (Å²) in [5.41, 5.74) is 2.66. The minimum atomic E-state index is -0.675. The molecule has 1 rings (SSSR count). The van der Waals surface area contributed by atoms with Gasteiger partial charge in [0.2, 0.25) is 0 Å². The zero-order chi connectivity index (χ0) is 22.9. The monoisotopic (exact) mass is 404 g/mol. The molecule has 1 aliphatic carbocycles. The highest BCUT2D eigenvalue weighted by atomic mass is 16.5. The van der Waals surface area contributed by atoms with Crippen LogP contribution in [0.4, 0.5) is 0 Å². The molecule has 0 radical (unpaired) electrons. The van der Waals surface area contributed by atoms with E-state index < -0.39 is 5.41 Å². The number of carbonyl (C=O) groups is 2. The minimum Gasteiger partial charge on any atom is -0.466 e. The van der Waals surface area contributed by atoms with Gasteiger partial charge in [0.1, 0.15) is 0 Å². The highest BCUT2D eigenvalue weighted by Gasteiger charge is 2.47. The summed E-state index contributed by atoms with van der Waals surface area (Å²) in [5.74, 6) is 4.99. The fraction of sp³-hybridized carbons (Fsp3) is 0.407. The lowest BCUT2D eigenvalue weighted by molar-refractivity contribution is -0.134. The summed E-state index contributed by atoms with van der Waals surface area (Å²) in [7, 11) is 1.35. The summed E-state index contributed by atoms with van der Waals surface area (Å²) >= 11 is 0. The van der Waals surface area contributed by atoms with Crippen LogP contribution in [0.5, 0.6) is 0 Å². The van der Waals surface area contributed by atoms with Crippen molar-refractivity contribution in [2.45, 2.75) is 53.9 Å². The van der Waals surface area contributed by atoms with Crippen LogP contribution in [0.3, 0.4) is 0 Å². The quantitative estimate of drug-likeness (QED) is 0.243. The molecule has 0 saturated carbocycles. The van der Waals surface area contributed by atoms with Crippen LogP contribution in [0.1, 0.15) is 53.9 Å². The maximum Gasteiger partial charge on any atom is 0.330 e. The molecule has 0 fully saturated rings. The van der Waals surface area contributed by atoms with E-state index >= 15 is 0 Å². The average Bonchev–Trinajstić information content (AvgIpc) is 2.66. The SMILES string of the molecule is C#CCC1(CC#C)CC(C)(C)C(/C=C/C(C)=C/C=C/C(C)=C/C(=O)OC)=C(C)C1=O.